The molecule has 0 aliphatic rings. The molecule has 0 saturated heterocycles. The van der Waals surface area contributed by atoms with Crippen LogP contribution in [0.3, 0.4) is 0 Å². The van der Waals surface area contributed by atoms with E-state index < -0.39 is 0 Å². The molecule has 0 aliphatic heterocycles. The molecule has 19 heavy (non-hydrogen) atoms. The second-order valence-corrected chi connectivity index (χ2v) is 6.05. The van der Waals surface area contributed by atoms with Crippen LogP contribution in [0.5, 0.6) is 0 Å². The molecule has 0 radical (unpaired) electrons. The van der Waals surface area contributed by atoms with Crippen molar-refractivity contribution in [2.24, 2.45) is 0 Å². The van der Waals surface area contributed by atoms with Gasteiger partial charge in [-0.05, 0) is 32.6 Å². The summed E-state index contributed by atoms with van der Waals surface area (Å²) in [6, 6.07) is 21.4. The molecule has 0 saturated carbocycles. The summed E-state index contributed by atoms with van der Waals surface area (Å²) in [5.74, 6) is 0. The third kappa shape index (κ3) is 3.69. The molecule has 2 rings (SSSR count). The summed E-state index contributed by atoms with van der Waals surface area (Å²) in [7, 11) is 0. The minimum absolute atomic E-state index is 0.147. The molecule has 0 N–H and O–H groups in total. The maximum Gasteiger partial charge on any atom is -0.00628 e. The Balaban J connectivity index is 2.24. The predicted octanol–water partition coefficient (Wildman–Crippen LogP) is 5.83. The molecule has 0 spiro atoms. The minimum atomic E-state index is 0.147. The lowest BCUT2D eigenvalue weighted by Gasteiger charge is -2.26. The largest absolute Gasteiger partial charge is 0.0622 e. The van der Waals surface area contributed by atoms with Crippen molar-refractivity contribution in [3.8, 4) is 0 Å². The first kappa shape index (κ1) is 14.3. The first-order valence-corrected chi connectivity index (χ1v) is 7.78. The smallest absolute Gasteiger partial charge is 0.00628 e. The van der Waals surface area contributed by atoms with E-state index in [4.69, 9.17) is 0 Å². The molecule has 0 fully saturated rings. The number of hydrogen-bond acceptors (Lipinski definition) is 0. The fourth-order valence-electron chi connectivity index (χ4n) is 2.32. The molecule has 2 aromatic rings. The molecular weight excluding hydrogens is 343 g/mol. The fourth-order valence-corrected chi connectivity index (χ4v) is 2.90. The Kier molecular flexibility index (Phi) is 4.81. The van der Waals surface area contributed by atoms with Crippen LogP contribution in [0.25, 0.3) is 5.57 Å². The van der Waals surface area contributed by atoms with E-state index in [9.17, 15) is 0 Å². The van der Waals surface area contributed by atoms with Crippen LogP contribution in [0.2, 0.25) is 0 Å². The highest BCUT2D eigenvalue weighted by Gasteiger charge is 2.22. The van der Waals surface area contributed by atoms with Crippen LogP contribution in [0.15, 0.2) is 64.7 Å². The molecule has 1 heteroatoms. The molecule has 0 bridgehead atoms. The van der Waals surface area contributed by atoms with Crippen molar-refractivity contribution in [1.29, 1.82) is 0 Å². The summed E-state index contributed by atoms with van der Waals surface area (Å²) in [6.07, 6.45) is 1.05. The molecule has 2 aromatic carbocycles. The summed E-state index contributed by atoms with van der Waals surface area (Å²) in [6.45, 7) is 4.62. The zero-order valence-corrected chi connectivity index (χ0v) is 13.6. The Hall–Kier alpha value is -1.09. The van der Waals surface area contributed by atoms with Crippen molar-refractivity contribution >= 4 is 28.2 Å². The first-order chi connectivity index (χ1) is 9.13. The van der Waals surface area contributed by atoms with E-state index in [0.29, 0.717) is 0 Å². The van der Waals surface area contributed by atoms with Gasteiger partial charge in [-0.25, -0.2) is 0 Å². The van der Waals surface area contributed by atoms with E-state index in [0.717, 1.165) is 6.42 Å². The molecular formula is C18H19I. The maximum absolute atomic E-state index is 2.35. The molecule has 0 aliphatic carbocycles. The predicted molar refractivity (Wildman–Crippen MR) is 92.5 cm³/mol. The normalized spacial score (nSPS) is 12.5. The van der Waals surface area contributed by atoms with Crippen molar-refractivity contribution < 1.29 is 0 Å². The Bertz CT molecular complexity index is 538. The van der Waals surface area contributed by atoms with Crippen LogP contribution in [-0.4, -0.2) is 0 Å². The van der Waals surface area contributed by atoms with Crippen LogP contribution in [-0.2, 0) is 5.41 Å². The Morgan fingerprint density at radius 1 is 0.947 bits per heavy atom. The topological polar surface area (TPSA) is 0 Å². The zero-order valence-electron chi connectivity index (χ0n) is 11.4. The monoisotopic (exact) mass is 362 g/mol. The number of allylic oxidation sites excluding steroid dienone is 1. The molecule has 0 amide bonds. The molecule has 0 nitrogen and oxygen atoms in total. The Morgan fingerprint density at radius 3 is 2.00 bits per heavy atom. The van der Waals surface area contributed by atoms with Crippen LogP contribution in [0.4, 0.5) is 0 Å². The van der Waals surface area contributed by atoms with Crippen molar-refractivity contribution in [1.82, 2.24) is 0 Å². The summed E-state index contributed by atoms with van der Waals surface area (Å²) >= 11 is 2.35. The maximum atomic E-state index is 2.35. The van der Waals surface area contributed by atoms with Crippen LogP contribution < -0.4 is 0 Å². The van der Waals surface area contributed by atoms with E-state index in [1.807, 2.05) is 0 Å². The Morgan fingerprint density at radius 2 is 1.47 bits per heavy atom. The molecule has 0 atom stereocenters. The lowest BCUT2D eigenvalue weighted by Crippen LogP contribution is -2.17. The van der Waals surface area contributed by atoms with Gasteiger partial charge < -0.3 is 0 Å². The van der Waals surface area contributed by atoms with E-state index in [1.54, 1.807) is 0 Å². The fraction of sp³-hybridized carbons (Fsp3) is 0.222. The highest BCUT2D eigenvalue weighted by Crippen LogP contribution is 2.34. The van der Waals surface area contributed by atoms with Gasteiger partial charge in [0.15, 0.2) is 0 Å². The number of hydrogen-bond donors (Lipinski definition) is 0. The van der Waals surface area contributed by atoms with Crippen molar-refractivity contribution in [2.75, 3.05) is 0 Å². The molecule has 0 unspecified atom stereocenters. The second kappa shape index (κ2) is 6.38. The highest BCUT2D eigenvalue weighted by molar-refractivity contribution is 14.1. The summed E-state index contributed by atoms with van der Waals surface area (Å²) in [5.41, 5.74) is 4.26. The average Bonchev–Trinajstić information content (AvgIpc) is 2.47. The van der Waals surface area contributed by atoms with Crippen LogP contribution in [0.1, 0.15) is 31.4 Å². The van der Waals surface area contributed by atoms with Gasteiger partial charge >= 0.3 is 0 Å². The SMILES string of the molecule is CC(C)(CC(=CI)c1ccccc1)c1ccccc1. The molecule has 0 heterocycles. The van der Waals surface area contributed by atoms with Gasteiger partial charge in [0.1, 0.15) is 0 Å². The van der Waals surface area contributed by atoms with Gasteiger partial charge in [0.25, 0.3) is 0 Å². The van der Waals surface area contributed by atoms with Gasteiger partial charge in [0.05, 0.1) is 0 Å². The van der Waals surface area contributed by atoms with Crippen molar-refractivity contribution in [2.45, 2.75) is 25.7 Å². The van der Waals surface area contributed by atoms with E-state index >= 15 is 0 Å². The van der Waals surface area contributed by atoms with Crippen LogP contribution in [0, 0.1) is 0 Å². The van der Waals surface area contributed by atoms with Gasteiger partial charge in [-0.2, -0.15) is 0 Å². The summed E-state index contributed by atoms with van der Waals surface area (Å²) in [4.78, 5) is 0. The van der Waals surface area contributed by atoms with Crippen molar-refractivity contribution in [3.05, 3.63) is 75.9 Å². The number of halogens is 1. The summed E-state index contributed by atoms with van der Waals surface area (Å²) < 4.78 is 2.21. The highest BCUT2D eigenvalue weighted by atomic mass is 127. The minimum Gasteiger partial charge on any atom is -0.0622 e. The molecule has 0 aromatic heterocycles. The van der Waals surface area contributed by atoms with Crippen LogP contribution >= 0.6 is 22.6 Å². The average molecular weight is 362 g/mol. The zero-order chi connectivity index (χ0) is 13.7. The number of rotatable bonds is 4. The Labute approximate surface area is 129 Å². The quantitative estimate of drug-likeness (QED) is 0.601. The van der Waals surface area contributed by atoms with E-state index in [1.165, 1.54) is 16.7 Å². The van der Waals surface area contributed by atoms with Gasteiger partial charge in [0.2, 0.25) is 0 Å². The lowest BCUT2D eigenvalue weighted by molar-refractivity contribution is 0.542. The van der Waals surface area contributed by atoms with Gasteiger partial charge in [-0.1, -0.05) is 97.1 Å². The molecule has 98 valence electrons. The van der Waals surface area contributed by atoms with E-state index in [2.05, 4.69) is 101 Å². The van der Waals surface area contributed by atoms with Gasteiger partial charge in [0, 0.05) is 0 Å². The van der Waals surface area contributed by atoms with E-state index in [-0.39, 0.29) is 5.41 Å². The third-order valence-corrected chi connectivity index (χ3v) is 4.22. The third-order valence-electron chi connectivity index (χ3n) is 3.46. The first-order valence-electron chi connectivity index (χ1n) is 6.54. The van der Waals surface area contributed by atoms with Gasteiger partial charge in [-0.15, -0.1) is 0 Å². The standard InChI is InChI=1S/C18H19I/c1-18(2,17-11-7-4-8-12-17)13-16(14-19)15-9-5-3-6-10-15/h3-12,14H,13H2,1-2H3. The summed E-state index contributed by atoms with van der Waals surface area (Å²) in [5, 5.41) is 0. The number of benzene rings is 2. The second-order valence-electron chi connectivity index (χ2n) is 5.43. The van der Waals surface area contributed by atoms with Crippen molar-refractivity contribution in [3.63, 3.8) is 0 Å². The van der Waals surface area contributed by atoms with Gasteiger partial charge in [-0.3, -0.25) is 0 Å². The lowest BCUT2D eigenvalue weighted by atomic mass is 9.78.